The van der Waals surface area contributed by atoms with Gasteiger partial charge in [-0.1, -0.05) is 0 Å². The molecule has 0 aromatic carbocycles. The molecular formula is C7H11NO2. The van der Waals surface area contributed by atoms with Crippen molar-refractivity contribution in [2.75, 3.05) is 13.1 Å². The highest BCUT2D eigenvalue weighted by Crippen LogP contribution is 2.60. The van der Waals surface area contributed by atoms with Gasteiger partial charge in [-0.3, -0.25) is 4.79 Å². The maximum absolute atomic E-state index is 10.7. The molecule has 2 aliphatic rings. The van der Waals surface area contributed by atoms with E-state index < -0.39 is 5.97 Å². The minimum Gasteiger partial charge on any atom is -0.481 e. The van der Waals surface area contributed by atoms with Crippen molar-refractivity contribution in [1.82, 2.24) is 5.32 Å². The molecule has 2 atom stereocenters. The molecule has 2 rings (SSSR count). The summed E-state index contributed by atoms with van der Waals surface area (Å²) in [7, 11) is 0. The van der Waals surface area contributed by atoms with Crippen molar-refractivity contribution in [2.24, 2.45) is 17.3 Å². The van der Waals surface area contributed by atoms with E-state index in [1.54, 1.807) is 0 Å². The van der Waals surface area contributed by atoms with Crippen molar-refractivity contribution in [1.29, 1.82) is 0 Å². The van der Waals surface area contributed by atoms with Crippen LogP contribution in [-0.2, 0) is 4.79 Å². The van der Waals surface area contributed by atoms with Crippen LogP contribution in [-0.4, -0.2) is 24.2 Å². The van der Waals surface area contributed by atoms with Crippen LogP contribution in [0.15, 0.2) is 0 Å². The molecule has 1 heterocycles. The average Bonchev–Trinajstić information content (AvgIpc) is 2.28. The van der Waals surface area contributed by atoms with Crippen LogP contribution in [0.4, 0.5) is 0 Å². The molecule has 0 aromatic rings. The Morgan fingerprint density at radius 2 is 2.10 bits per heavy atom. The molecule has 0 spiro atoms. The van der Waals surface area contributed by atoms with E-state index in [0.29, 0.717) is 11.8 Å². The van der Waals surface area contributed by atoms with Crippen LogP contribution in [0.1, 0.15) is 6.92 Å². The fraction of sp³-hybridized carbons (Fsp3) is 0.857. The van der Waals surface area contributed by atoms with Gasteiger partial charge >= 0.3 is 5.97 Å². The zero-order valence-electron chi connectivity index (χ0n) is 5.92. The van der Waals surface area contributed by atoms with Crippen molar-refractivity contribution in [3.63, 3.8) is 0 Å². The van der Waals surface area contributed by atoms with Gasteiger partial charge in [0, 0.05) is 0 Å². The number of carboxylic acids is 1. The largest absolute Gasteiger partial charge is 0.481 e. The maximum Gasteiger partial charge on any atom is 0.310 e. The number of nitrogens with one attached hydrogen (secondary N) is 1. The van der Waals surface area contributed by atoms with E-state index in [9.17, 15) is 4.79 Å². The van der Waals surface area contributed by atoms with E-state index in [0.717, 1.165) is 13.1 Å². The molecule has 1 saturated heterocycles. The Bertz CT molecular complexity index is 180. The van der Waals surface area contributed by atoms with Gasteiger partial charge in [0.15, 0.2) is 0 Å². The second kappa shape index (κ2) is 1.53. The predicted molar refractivity (Wildman–Crippen MR) is 35.6 cm³/mol. The van der Waals surface area contributed by atoms with Crippen molar-refractivity contribution in [3.05, 3.63) is 0 Å². The molecule has 2 unspecified atom stereocenters. The molecule has 1 aliphatic carbocycles. The lowest BCUT2D eigenvalue weighted by Gasteiger charge is -2.08. The Balaban J connectivity index is 2.17. The molecule has 1 aliphatic heterocycles. The summed E-state index contributed by atoms with van der Waals surface area (Å²) in [6.07, 6.45) is 0. The Morgan fingerprint density at radius 1 is 1.60 bits per heavy atom. The highest BCUT2D eigenvalue weighted by Gasteiger charge is 2.68. The summed E-state index contributed by atoms with van der Waals surface area (Å²) in [6, 6.07) is 0. The fourth-order valence-corrected chi connectivity index (χ4v) is 2.12. The van der Waals surface area contributed by atoms with Gasteiger partial charge in [0.05, 0.1) is 5.41 Å². The van der Waals surface area contributed by atoms with E-state index in [-0.39, 0.29) is 5.41 Å². The Labute approximate surface area is 59.4 Å². The Hall–Kier alpha value is -0.570. The molecule has 1 saturated carbocycles. The first-order chi connectivity index (χ1) is 4.67. The number of piperidine rings is 1. The van der Waals surface area contributed by atoms with E-state index in [2.05, 4.69) is 5.32 Å². The first kappa shape index (κ1) is 6.16. The third-order valence-electron chi connectivity index (χ3n) is 3.11. The summed E-state index contributed by atoms with van der Waals surface area (Å²) in [5.41, 5.74) is -0.384. The smallest absolute Gasteiger partial charge is 0.310 e. The van der Waals surface area contributed by atoms with Crippen LogP contribution < -0.4 is 5.32 Å². The van der Waals surface area contributed by atoms with Crippen molar-refractivity contribution in [2.45, 2.75) is 6.92 Å². The topological polar surface area (TPSA) is 49.3 Å². The molecule has 0 aromatic heterocycles. The number of carboxylic acid groups (broad SMARTS) is 1. The summed E-state index contributed by atoms with van der Waals surface area (Å²) in [5.74, 6) is 0.194. The van der Waals surface area contributed by atoms with Gasteiger partial charge in [-0.2, -0.15) is 0 Å². The van der Waals surface area contributed by atoms with Gasteiger partial charge in [-0.15, -0.1) is 0 Å². The predicted octanol–water partition coefficient (Wildman–Crippen LogP) is -0.0735. The van der Waals surface area contributed by atoms with Gasteiger partial charge in [-0.05, 0) is 31.8 Å². The Kier molecular flexibility index (Phi) is 0.944. The standard InChI is InChI=1S/C7H11NO2/c1-7(6(9)10)4-2-8-3-5(4)7/h4-5,8H,2-3H2,1H3,(H,9,10). The summed E-state index contributed by atoms with van der Waals surface area (Å²) in [6.45, 7) is 3.65. The minimum absolute atomic E-state index is 0.384. The highest BCUT2D eigenvalue weighted by atomic mass is 16.4. The van der Waals surface area contributed by atoms with E-state index in [1.807, 2.05) is 6.92 Å². The lowest BCUT2D eigenvalue weighted by molar-refractivity contribution is -0.143. The summed E-state index contributed by atoms with van der Waals surface area (Å²) in [4.78, 5) is 10.7. The van der Waals surface area contributed by atoms with Crippen LogP contribution in [0.25, 0.3) is 0 Å². The second-order valence-corrected chi connectivity index (χ2v) is 3.46. The molecule has 0 amide bonds. The number of hydrogen-bond acceptors (Lipinski definition) is 2. The van der Waals surface area contributed by atoms with E-state index in [1.165, 1.54) is 0 Å². The molecule has 2 fully saturated rings. The zero-order chi connectivity index (χ0) is 7.35. The summed E-state index contributed by atoms with van der Waals surface area (Å²) < 4.78 is 0. The molecule has 3 nitrogen and oxygen atoms in total. The van der Waals surface area contributed by atoms with Crippen LogP contribution in [0.5, 0.6) is 0 Å². The number of carbonyl (C=O) groups is 1. The molecule has 56 valence electrons. The maximum atomic E-state index is 10.7. The van der Waals surface area contributed by atoms with E-state index >= 15 is 0 Å². The van der Waals surface area contributed by atoms with Gasteiger partial charge in [0.2, 0.25) is 0 Å². The molecule has 0 radical (unpaired) electrons. The summed E-state index contributed by atoms with van der Waals surface area (Å²) >= 11 is 0. The molecule has 2 N–H and O–H groups in total. The Morgan fingerprint density at radius 3 is 2.40 bits per heavy atom. The van der Waals surface area contributed by atoms with Crippen LogP contribution >= 0.6 is 0 Å². The first-order valence-corrected chi connectivity index (χ1v) is 3.61. The number of rotatable bonds is 1. The van der Waals surface area contributed by atoms with Crippen LogP contribution in [0.3, 0.4) is 0 Å². The van der Waals surface area contributed by atoms with Crippen LogP contribution in [0.2, 0.25) is 0 Å². The third-order valence-corrected chi connectivity index (χ3v) is 3.11. The van der Waals surface area contributed by atoms with Gasteiger partial charge in [0.1, 0.15) is 0 Å². The molecule has 0 bridgehead atoms. The van der Waals surface area contributed by atoms with Gasteiger partial charge in [0.25, 0.3) is 0 Å². The quantitative estimate of drug-likeness (QED) is 0.537. The van der Waals surface area contributed by atoms with Crippen LogP contribution in [0, 0.1) is 17.3 Å². The minimum atomic E-state index is -0.621. The normalized spacial score (nSPS) is 50.5. The average molecular weight is 141 g/mol. The summed E-state index contributed by atoms with van der Waals surface area (Å²) in [5, 5.41) is 12.0. The molecule has 10 heavy (non-hydrogen) atoms. The number of fused-ring (bicyclic) bond motifs is 1. The lowest BCUT2D eigenvalue weighted by atomic mass is 10.0. The monoisotopic (exact) mass is 141 g/mol. The molecular weight excluding hydrogens is 130 g/mol. The van der Waals surface area contributed by atoms with Gasteiger partial charge in [-0.25, -0.2) is 0 Å². The lowest BCUT2D eigenvalue weighted by Crippen LogP contribution is -2.26. The first-order valence-electron chi connectivity index (χ1n) is 3.61. The fourth-order valence-electron chi connectivity index (χ4n) is 2.12. The number of hydrogen-bond donors (Lipinski definition) is 2. The van der Waals surface area contributed by atoms with Crippen molar-refractivity contribution in [3.8, 4) is 0 Å². The second-order valence-electron chi connectivity index (χ2n) is 3.46. The molecule has 3 heteroatoms. The van der Waals surface area contributed by atoms with Crippen molar-refractivity contribution < 1.29 is 9.90 Å². The number of aliphatic carboxylic acids is 1. The highest BCUT2D eigenvalue weighted by molar-refractivity contribution is 5.79. The van der Waals surface area contributed by atoms with E-state index in [4.69, 9.17) is 5.11 Å². The van der Waals surface area contributed by atoms with Gasteiger partial charge < -0.3 is 10.4 Å². The van der Waals surface area contributed by atoms with Crippen molar-refractivity contribution >= 4 is 5.97 Å². The SMILES string of the molecule is CC1(C(=O)O)C2CNCC21. The zero-order valence-corrected chi connectivity index (χ0v) is 5.92. The third kappa shape index (κ3) is 0.475.